The molecule has 3 rings (SSSR count). The van der Waals surface area contributed by atoms with Gasteiger partial charge in [-0.2, -0.15) is 13.2 Å². The van der Waals surface area contributed by atoms with Crippen LogP contribution < -0.4 is 5.32 Å². The van der Waals surface area contributed by atoms with Crippen molar-refractivity contribution in [2.45, 2.75) is 31.7 Å². The normalized spacial score (nSPS) is 29.6. The Labute approximate surface area is 116 Å². The molecule has 1 unspecified atom stereocenters. The minimum absolute atomic E-state index is 0.196. The zero-order chi connectivity index (χ0) is 14.2. The largest absolute Gasteiger partial charge is 0.416 e. The Morgan fingerprint density at radius 2 is 1.85 bits per heavy atom. The van der Waals surface area contributed by atoms with E-state index in [1.807, 2.05) is 0 Å². The Bertz CT molecular complexity index is 462. The molecule has 110 valence electrons. The molecule has 2 fully saturated rings. The summed E-state index contributed by atoms with van der Waals surface area (Å²) in [6.45, 7) is 2.36. The van der Waals surface area contributed by atoms with Crippen molar-refractivity contribution in [1.29, 1.82) is 0 Å². The molecule has 3 atom stereocenters. The maximum Gasteiger partial charge on any atom is 0.416 e. The predicted octanol–water partition coefficient (Wildman–Crippen LogP) is 3.22. The zero-order valence-electron chi connectivity index (χ0n) is 11.1. The Morgan fingerprint density at radius 3 is 2.50 bits per heavy atom. The summed E-state index contributed by atoms with van der Waals surface area (Å²) in [7, 11) is 0. The number of hydrogen-bond acceptors (Lipinski definition) is 2. The zero-order valence-corrected chi connectivity index (χ0v) is 11.1. The molecule has 1 aromatic carbocycles. The second kappa shape index (κ2) is 5.37. The van der Waals surface area contributed by atoms with Gasteiger partial charge >= 0.3 is 6.18 Å². The molecule has 0 spiro atoms. The molecule has 2 aliphatic rings. The molecule has 0 aromatic heterocycles. The number of halogens is 3. The van der Waals surface area contributed by atoms with Gasteiger partial charge in [0.25, 0.3) is 0 Å². The van der Waals surface area contributed by atoms with Crippen molar-refractivity contribution in [1.82, 2.24) is 5.32 Å². The van der Waals surface area contributed by atoms with Crippen LogP contribution in [0.15, 0.2) is 24.3 Å². The van der Waals surface area contributed by atoms with E-state index in [0.29, 0.717) is 17.4 Å². The Kier molecular flexibility index (Phi) is 3.73. The highest BCUT2D eigenvalue weighted by molar-refractivity contribution is 5.25. The Morgan fingerprint density at radius 1 is 1.15 bits per heavy atom. The molecule has 0 bridgehead atoms. The van der Waals surface area contributed by atoms with Crippen LogP contribution in [0, 0.1) is 11.8 Å². The number of ether oxygens (including phenoxy) is 1. The summed E-state index contributed by atoms with van der Waals surface area (Å²) in [5.41, 5.74) is -0.0129. The molecule has 1 aliphatic carbocycles. The van der Waals surface area contributed by atoms with Gasteiger partial charge in [-0.3, -0.25) is 0 Å². The smallest absolute Gasteiger partial charge is 0.374 e. The van der Waals surface area contributed by atoms with Crippen molar-refractivity contribution in [3.05, 3.63) is 35.4 Å². The van der Waals surface area contributed by atoms with Crippen LogP contribution in [-0.2, 0) is 17.5 Å². The van der Waals surface area contributed by atoms with Crippen molar-refractivity contribution in [3.8, 4) is 0 Å². The Hall–Kier alpha value is -1.07. The van der Waals surface area contributed by atoms with Crippen molar-refractivity contribution < 1.29 is 17.9 Å². The number of nitrogens with one attached hydrogen (secondary N) is 1. The molecule has 0 radical (unpaired) electrons. The molecule has 2 nitrogen and oxygen atoms in total. The van der Waals surface area contributed by atoms with Gasteiger partial charge in [-0.1, -0.05) is 12.1 Å². The summed E-state index contributed by atoms with van der Waals surface area (Å²) in [5.74, 6) is 1.36. The van der Waals surface area contributed by atoms with Crippen LogP contribution in [0.3, 0.4) is 0 Å². The molecule has 1 aliphatic heterocycles. The van der Waals surface area contributed by atoms with E-state index in [4.69, 9.17) is 4.74 Å². The highest BCUT2D eigenvalue weighted by Crippen LogP contribution is 2.36. The third-order valence-corrected chi connectivity index (χ3v) is 4.35. The number of rotatable bonds is 3. The fraction of sp³-hybridized carbons (Fsp3) is 0.600. The molecule has 1 heterocycles. The van der Waals surface area contributed by atoms with Gasteiger partial charge in [-0.25, -0.2) is 0 Å². The van der Waals surface area contributed by atoms with E-state index < -0.39 is 11.7 Å². The minimum atomic E-state index is -4.29. The topological polar surface area (TPSA) is 21.3 Å². The summed E-state index contributed by atoms with van der Waals surface area (Å²) in [6, 6.07) is 5.40. The van der Waals surface area contributed by atoms with Gasteiger partial charge < -0.3 is 10.1 Å². The van der Waals surface area contributed by atoms with E-state index in [-0.39, 0.29) is 12.7 Å². The number of benzene rings is 1. The van der Waals surface area contributed by atoms with E-state index >= 15 is 0 Å². The summed E-state index contributed by atoms with van der Waals surface area (Å²) >= 11 is 0. The van der Waals surface area contributed by atoms with Gasteiger partial charge in [0.15, 0.2) is 0 Å². The van der Waals surface area contributed by atoms with Crippen molar-refractivity contribution in [3.63, 3.8) is 0 Å². The number of alkyl halides is 3. The van der Waals surface area contributed by atoms with Crippen molar-refractivity contribution >= 4 is 0 Å². The van der Waals surface area contributed by atoms with Crippen LogP contribution in [0.2, 0.25) is 0 Å². The van der Waals surface area contributed by atoms with Crippen LogP contribution in [-0.4, -0.2) is 19.2 Å². The van der Waals surface area contributed by atoms with E-state index in [2.05, 4.69) is 5.32 Å². The molecule has 5 heteroatoms. The highest BCUT2D eigenvalue weighted by atomic mass is 19.4. The summed E-state index contributed by atoms with van der Waals surface area (Å²) in [6.07, 6.45) is -2.04. The van der Waals surface area contributed by atoms with Crippen LogP contribution >= 0.6 is 0 Å². The van der Waals surface area contributed by atoms with E-state index in [9.17, 15) is 13.2 Å². The summed E-state index contributed by atoms with van der Waals surface area (Å²) in [4.78, 5) is 0. The monoisotopic (exact) mass is 285 g/mol. The quantitative estimate of drug-likeness (QED) is 0.920. The third kappa shape index (κ3) is 2.99. The molecule has 0 amide bonds. The molecule has 1 saturated heterocycles. The van der Waals surface area contributed by atoms with Gasteiger partial charge in [0.1, 0.15) is 0 Å². The van der Waals surface area contributed by atoms with Crippen LogP contribution in [0.25, 0.3) is 0 Å². The average Bonchev–Trinajstić information content (AvgIpc) is 2.96. The predicted molar refractivity (Wildman–Crippen MR) is 69.1 cm³/mol. The summed E-state index contributed by atoms with van der Waals surface area (Å²) in [5, 5.41) is 3.36. The minimum Gasteiger partial charge on any atom is -0.374 e. The van der Waals surface area contributed by atoms with Gasteiger partial charge in [-0.05, 0) is 55.5 Å². The molecule has 20 heavy (non-hydrogen) atoms. The van der Waals surface area contributed by atoms with E-state index in [1.54, 1.807) is 6.07 Å². The molecular formula is C15H18F3NO. The lowest BCUT2D eigenvalue weighted by atomic mass is 10.0. The van der Waals surface area contributed by atoms with Gasteiger partial charge in [0, 0.05) is 0 Å². The summed E-state index contributed by atoms with van der Waals surface area (Å²) < 4.78 is 43.6. The third-order valence-electron chi connectivity index (χ3n) is 4.35. The van der Waals surface area contributed by atoms with Crippen LogP contribution in [0.5, 0.6) is 0 Å². The lowest BCUT2D eigenvalue weighted by molar-refractivity contribution is -0.137. The first-order chi connectivity index (χ1) is 9.52. The van der Waals surface area contributed by atoms with Gasteiger partial charge in [0.05, 0.1) is 18.3 Å². The number of hydrogen-bond donors (Lipinski definition) is 1. The lowest BCUT2D eigenvalue weighted by Crippen LogP contribution is -2.16. The van der Waals surface area contributed by atoms with E-state index in [1.165, 1.54) is 12.1 Å². The van der Waals surface area contributed by atoms with Crippen LogP contribution in [0.1, 0.15) is 24.0 Å². The Balaban J connectivity index is 1.56. The van der Waals surface area contributed by atoms with Crippen molar-refractivity contribution in [2.24, 2.45) is 11.8 Å². The van der Waals surface area contributed by atoms with Gasteiger partial charge in [0.2, 0.25) is 0 Å². The van der Waals surface area contributed by atoms with Crippen molar-refractivity contribution in [2.75, 3.05) is 13.1 Å². The first-order valence-corrected chi connectivity index (χ1v) is 7.01. The average molecular weight is 285 g/mol. The molecule has 1 saturated carbocycles. The second-order valence-corrected chi connectivity index (χ2v) is 5.78. The molecule has 1 N–H and O–H groups in total. The lowest BCUT2D eigenvalue weighted by Gasteiger charge is -2.14. The maximum atomic E-state index is 12.6. The first-order valence-electron chi connectivity index (χ1n) is 7.01. The molecule has 1 aromatic rings. The maximum absolute atomic E-state index is 12.6. The standard InChI is InChI=1S/C15H18F3NO/c16-15(17,18)13-3-1-2-10(4-13)9-20-14-5-11-7-19-8-12(11)6-14/h1-4,11-12,14,19H,5-9H2/t11-,12+,14?. The van der Waals surface area contributed by atoms with Gasteiger partial charge in [-0.15, -0.1) is 0 Å². The molecular weight excluding hydrogens is 267 g/mol. The number of fused-ring (bicyclic) bond motifs is 1. The SMILES string of the molecule is FC(F)(F)c1cccc(COC2C[C@H]3CNC[C@H]3C2)c1. The fourth-order valence-electron chi connectivity index (χ4n) is 3.30. The van der Waals surface area contributed by atoms with E-state index in [0.717, 1.165) is 32.0 Å². The van der Waals surface area contributed by atoms with Crippen LogP contribution in [0.4, 0.5) is 13.2 Å². The second-order valence-electron chi connectivity index (χ2n) is 5.78. The highest BCUT2D eigenvalue weighted by Gasteiger charge is 2.37. The fourth-order valence-corrected chi connectivity index (χ4v) is 3.30. The first kappa shape index (κ1) is 13.9.